The Morgan fingerprint density at radius 3 is 2.50 bits per heavy atom. The van der Waals surface area contributed by atoms with E-state index in [-0.39, 0.29) is 29.9 Å². The van der Waals surface area contributed by atoms with Gasteiger partial charge in [0.15, 0.2) is 11.5 Å². The standard InChI is InChI=1S/C24H32N4O5S/c1-25-9-2-5-20(25)21-6-3-10-27(21)18-24(29)26-11-13-28(14-12-26)34(30,31)19-7-8-22-23(17-19)33-16-4-15-32-22/h2,5,7-9,17,21H,3-4,6,10-16,18H2,1H3/t21-/m1/s1. The van der Waals surface area contributed by atoms with Gasteiger partial charge in [0.05, 0.1) is 30.7 Å². The van der Waals surface area contributed by atoms with Crippen molar-refractivity contribution in [2.75, 3.05) is 52.5 Å². The topological polar surface area (TPSA) is 84.3 Å². The lowest BCUT2D eigenvalue weighted by molar-refractivity contribution is -0.133. The van der Waals surface area contributed by atoms with Gasteiger partial charge >= 0.3 is 0 Å². The van der Waals surface area contributed by atoms with Crippen molar-refractivity contribution >= 4 is 15.9 Å². The molecule has 3 aliphatic rings. The summed E-state index contributed by atoms with van der Waals surface area (Å²) in [6.07, 6.45) is 4.92. The minimum absolute atomic E-state index is 0.0636. The molecule has 1 amide bonds. The number of aryl methyl sites for hydroxylation is 1. The zero-order chi connectivity index (χ0) is 23.7. The SMILES string of the molecule is Cn1cccc1[C@H]1CCCN1CC(=O)N1CCN(S(=O)(=O)c2ccc3c(c2)OCCCO3)CC1. The number of aromatic nitrogens is 1. The van der Waals surface area contributed by atoms with Crippen LogP contribution >= 0.6 is 0 Å². The maximum atomic E-state index is 13.2. The number of amides is 1. The predicted molar refractivity (Wildman–Crippen MR) is 126 cm³/mol. The van der Waals surface area contributed by atoms with Crippen molar-refractivity contribution in [2.45, 2.75) is 30.2 Å². The highest BCUT2D eigenvalue weighted by atomic mass is 32.2. The Morgan fingerprint density at radius 1 is 1.00 bits per heavy atom. The number of carbonyl (C=O) groups excluding carboxylic acids is 1. The number of piperazine rings is 1. The third-order valence-corrected chi connectivity index (χ3v) is 8.87. The summed E-state index contributed by atoms with van der Waals surface area (Å²) >= 11 is 0. The van der Waals surface area contributed by atoms with Crippen LogP contribution in [0.15, 0.2) is 41.4 Å². The monoisotopic (exact) mass is 488 g/mol. The third kappa shape index (κ3) is 4.54. The number of ether oxygens (including phenoxy) is 2. The van der Waals surface area contributed by atoms with Crippen LogP contribution in [0.25, 0.3) is 0 Å². The van der Waals surface area contributed by atoms with Crippen LogP contribution in [0, 0.1) is 0 Å². The zero-order valence-corrected chi connectivity index (χ0v) is 20.4. The summed E-state index contributed by atoms with van der Waals surface area (Å²) in [5.74, 6) is 1.10. The van der Waals surface area contributed by atoms with Gasteiger partial charge in [-0.15, -0.1) is 0 Å². The van der Waals surface area contributed by atoms with Gasteiger partial charge in [0.2, 0.25) is 15.9 Å². The van der Waals surface area contributed by atoms with Crippen LogP contribution in [0.4, 0.5) is 0 Å². The number of hydrogen-bond acceptors (Lipinski definition) is 6. The van der Waals surface area contributed by atoms with Crippen LogP contribution in [0.5, 0.6) is 11.5 Å². The van der Waals surface area contributed by atoms with Gasteiger partial charge in [-0.25, -0.2) is 8.42 Å². The Kier molecular flexibility index (Phi) is 6.54. The van der Waals surface area contributed by atoms with Crippen molar-refractivity contribution < 1.29 is 22.7 Å². The minimum Gasteiger partial charge on any atom is -0.490 e. The lowest BCUT2D eigenvalue weighted by Crippen LogP contribution is -2.52. The molecule has 1 aromatic carbocycles. The normalized spacial score (nSPS) is 22.0. The molecule has 0 N–H and O–H groups in total. The van der Waals surface area contributed by atoms with Crippen LogP contribution in [0.1, 0.15) is 31.0 Å². The Labute approximate surface area is 200 Å². The highest BCUT2D eigenvalue weighted by Crippen LogP contribution is 2.34. The van der Waals surface area contributed by atoms with Crippen molar-refractivity contribution in [3.05, 3.63) is 42.2 Å². The Morgan fingerprint density at radius 2 is 1.76 bits per heavy atom. The van der Waals surface area contributed by atoms with Crippen molar-refractivity contribution in [1.29, 1.82) is 0 Å². The van der Waals surface area contributed by atoms with E-state index in [0.29, 0.717) is 44.3 Å². The first-order chi connectivity index (χ1) is 16.4. The number of benzene rings is 1. The first-order valence-corrected chi connectivity index (χ1v) is 13.4. The molecule has 1 aromatic heterocycles. The largest absolute Gasteiger partial charge is 0.490 e. The maximum absolute atomic E-state index is 13.2. The second-order valence-corrected chi connectivity index (χ2v) is 11.1. The fourth-order valence-electron chi connectivity index (χ4n) is 5.08. The second-order valence-electron chi connectivity index (χ2n) is 9.12. The fraction of sp³-hybridized carbons (Fsp3) is 0.542. The van der Waals surface area contributed by atoms with Gasteiger partial charge < -0.3 is 18.9 Å². The van der Waals surface area contributed by atoms with E-state index in [1.807, 2.05) is 19.3 Å². The average Bonchev–Trinajstić information content (AvgIpc) is 3.39. The molecule has 9 nitrogen and oxygen atoms in total. The molecular formula is C24H32N4O5S. The van der Waals surface area contributed by atoms with E-state index in [1.165, 1.54) is 10.00 Å². The van der Waals surface area contributed by atoms with Crippen LogP contribution < -0.4 is 9.47 Å². The minimum atomic E-state index is -3.68. The molecule has 3 aliphatic heterocycles. The lowest BCUT2D eigenvalue weighted by atomic mass is 10.1. The van der Waals surface area contributed by atoms with Gasteiger partial charge in [0.1, 0.15) is 0 Å². The van der Waals surface area contributed by atoms with Crippen LogP contribution in [0.2, 0.25) is 0 Å². The summed E-state index contributed by atoms with van der Waals surface area (Å²) < 4.78 is 41.3. The molecule has 4 heterocycles. The van der Waals surface area contributed by atoms with Gasteiger partial charge in [0, 0.05) is 57.6 Å². The van der Waals surface area contributed by atoms with E-state index < -0.39 is 10.0 Å². The van der Waals surface area contributed by atoms with E-state index in [4.69, 9.17) is 9.47 Å². The van der Waals surface area contributed by atoms with Gasteiger partial charge in [-0.1, -0.05) is 0 Å². The summed E-state index contributed by atoms with van der Waals surface area (Å²) in [4.78, 5) is 17.3. The number of rotatable bonds is 5. The van der Waals surface area contributed by atoms with Crippen LogP contribution in [0.3, 0.4) is 0 Å². The smallest absolute Gasteiger partial charge is 0.243 e. The Hall–Kier alpha value is -2.56. The van der Waals surface area contributed by atoms with E-state index in [1.54, 1.807) is 23.1 Å². The van der Waals surface area contributed by atoms with E-state index in [0.717, 1.165) is 25.8 Å². The number of carbonyl (C=O) groups is 1. The molecule has 0 radical (unpaired) electrons. The molecule has 1 atom stereocenters. The quantitative estimate of drug-likeness (QED) is 0.639. The first kappa shape index (κ1) is 23.2. The number of fused-ring (bicyclic) bond motifs is 1. The van der Waals surface area contributed by atoms with Crippen molar-refractivity contribution in [1.82, 2.24) is 18.7 Å². The molecule has 2 aromatic rings. The van der Waals surface area contributed by atoms with E-state index >= 15 is 0 Å². The van der Waals surface area contributed by atoms with Crippen molar-refractivity contribution in [3.63, 3.8) is 0 Å². The summed E-state index contributed by atoms with van der Waals surface area (Å²) in [7, 11) is -1.64. The highest BCUT2D eigenvalue weighted by molar-refractivity contribution is 7.89. The molecule has 2 fully saturated rings. The first-order valence-electron chi connectivity index (χ1n) is 12.0. The van der Waals surface area contributed by atoms with Crippen LogP contribution in [-0.2, 0) is 21.9 Å². The highest BCUT2D eigenvalue weighted by Gasteiger charge is 2.34. The van der Waals surface area contributed by atoms with Crippen LogP contribution in [-0.4, -0.2) is 85.5 Å². The number of sulfonamides is 1. The molecule has 34 heavy (non-hydrogen) atoms. The molecule has 0 bridgehead atoms. The number of hydrogen-bond donors (Lipinski definition) is 0. The molecule has 0 aliphatic carbocycles. The molecule has 184 valence electrons. The van der Waals surface area contributed by atoms with Crippen molar-refractivity contribution in [3.8, 4) is 11.5 Å². The summed E-state index contributed by atoms with van der Waals surface area (Å²) in [5.41, 5.74) is 1.23. The molecular weight excluding hydrogens is 456 g/mol. The Balaban J connectivity index is 1.20. The third-order valence-electron chi connectivity index (χ3n) is 6.98. The number of likely N-dealkylation sites (tertiary alicyclic amines) is 1. The van der Waals surface area contributed by atoms with E-state index in [9.17, 15) is 13.2 Å². The predicted octanol–water partition coefficient (Wildman–Crippen LogP) is 1.86. The van der Waals surface area contributed by atoms with Gasteiger partial charge in [-0.2, -0.15) is 4.31 Å². The Bertz CT molecular complexity index is 1140. The summed E-state index contributed by atoms with van der Waals surface area (Å²) in [6.45, 7) is 3.67. The maximum Gasteiger partial charge on any atom is 0.243 e. The van der Waals surface area contributed by atoms with E-state index in [2.05, 4.69) is 15.5 Å². The van der Waals surface area contributed by atoms with Gasteiger partial charge in [0.25, 0.3) is 0 Å². The fourth-order valence-corrected chi connectivity index (χ4v) is 6.51. The number of nitrogens with zero attached hydrogens (tertiary/aromatic N) is 4. The van der Waals surface area contributed by atoms with Crippen molar-refractivity contribution in [2.24, 2.45) is 7.05 Å². The molecule has 10 heteroatoms. The molecule has 0 spiro atoms. The molecule has 5 rings (SSSR count). The lowest BCUT2D eigenvalue weighted by Gasteiger charge is -2.35. The van der Waals surface area contributed by atoms with Gasteiger partial charge in [-0.3, -0.25) is 9.69 Å². The molecule has 0 unspecified atom stereocenters. The molecule has 0 saturated carbocycles. The summed E-state index contributed by atoms with van der Waals surface area (Å²) in [6, 6.07) is 9.19. The van der Waals surface area contributed by atoms with Gasteiger partial charge in [-0.05, 0) is 43.7 Å². The average molecular weight is 489 g/mol. The molecule has 2 saturated heterocycles. The zero-order valence-electron chi connectivity index (χ0n) is 19.6. The summed E-state index contributed by atoms with van der Waals surface area (Å²) in [5, 5.41) is 0. The second kappa shape index (κ2) is 9.59.